The average Bonchev–Trinajstić information content (AvgIpc) is 2.79. The molecule has 2 N–H and O–H groups in total. The fraction of sp³-hybridized carbons (Fsp3) is 0.381. The normalized spacial score (nSPS) is 15.3. The van der Waals surface area contributed by atoms with Gasteiger partial charge in [0.1, 0.15) is 5.75 Å². The third kappa shape index (κ3) is 6.67. The van der Waals surface area contributed by atoms with E-state index in [-0.39, 0.29) is 23.1 Å². The van der Waals surface area contributed by atoms with Crippen LogP contribution in [0, 0.1) is 0 Å². The Morgan fingerprint density at radius 2 is 1.55 bits per heavy atom. The largest absolute Gasteiger partial charge is 0.497 e. The molecule has 12 heteroatoms. The Labute approximate surface area is 194 Å². The second-order valence-corrected chi connectivity index (χ2v) is 11.4. The van der Waals surface area contributed by atoms with Gasteiger partial charge in [-0.15, -0.1) is 0 Å². The molecule has 1 saturated heterocycles. The molecular formula is C21H28N4O6S2. The number of amides is 1. The Morgan fingerprint density at radius 3 is 2.09 bits per heavy atom. The smallest absolute Gasteiger partial charge is 0.240 e. The van der Waals surface area contributed by atoms with Gasteiger partial charge in [-0.25, -0.2) is 21.6 Å². The first-order valence-electron chi connectivity index (χ1n) is 10.3. The predicted molar refractivity (Wildman–Crippen MR) is 127 cm³/mol. The lowest BCUT2D eigenvalue weighted by molar-refractivity contribution is -0.114. The van der Waals surface area contributed by atoms with E-state index < -0.39 is 20.0 Å². The van der Waals surface area contributed by atoms with Crippen LogP contribution in [-0.4, -0.2) is 72.6 Å². The van der Waals surface area contributed by atoms with Crippen LogP contribution in [0.2, 0.25) is 0 Å². The highest BCUT2D eigenvalue weighted by atomic mass is 32.2. The van der Waals surface area contributed by atoms with Gasteiger partial charge in [-0.05, 0) is 48.5 Å². The van der Waals surface area contributed by atoms with E-state index in [9.17, 15) is 21.6 Å². The topological polar surface area (TPSA) is 125 Å². The molecule has 2 aromatic carbocycles. The zero-order valence-corrected chi connectivity index (χ0v) is 20.2. The van der Waals surface area contributed by atoms with Crippen LogP contribution in [0.25, 0.3) is 0 Å². The van der Waals surface area contributed by atoms with Crippen molar-refractivity contribution in [2.24, 2.45) is 0 Å². The molecule has 33 heavy (non-hydrogen) atoms. The predicted octanol–water partition coefficient (Wildman–Crippen LogP) is 1.08. The zero-order valence-electron chi connectivity index (χ0n) is 18.5. The number of sulfonamides is 2. The number of carbonyl (C=O) groups excluding carboxylic acids is 1. The van der Waals surface area contributed by atoms with E-state index in [2.05, 4.69) is 14.9 Å². The van der Waals surface area contributed by atoms with Crippen molar-refractivity contribution in [1.82, 2.24) is 9.03 Å². The molecule has 1 heterocycles. The van der Waals surface area contributed by atoms with E-state index >= 15 is 0 Å². The maximum absolute atomic E-state index is 12.7. The molecule has 1 amide bonds. The van der Waals surface area contributed by atoms with E-state index in [1.807, 2.05) is 24.3 Å². The summed E-state index contributed by atoms with van der Waals surface area (Å²) < 4.78 is 59.2. The average molecular weight is 497 g/mol. The molecule has 1 fully saturated rings. The summed E-state index contributed by atoms with van der Waals surface area (Å²) in [6.45, 7) is 2.84. The first-order chi connectivity index (χ1) is 15.6. The van der Waals surface area contributed by atoms with Gasteiger partial charge in [-0.1, -0.05) is 0 Å². The highest BCUT2D eigenvalue weighted by Gasteiger charge is 2.27. The van der Waals surface area contributed by atoms with E-state index in [4.69, 9.17) is 4.74 Å². The van der Waals surface area contributed by atoms with Crippen LogP contribution in [0.1, 0.15) is 6.92 Å². The standard InChI is InChI=1S/C21H28N4O6S2/c1-17(26)23-18-3-9-21(10-4-18)33(29,30)22-11-16-32(27,28)25-14-12-24(13-15-25)19-5-7-20(31-2)8-6-19/h3-10,22H,11-16H2,1-2H3,(H,23,26). The van der Waals surface area contributed by atoms with Crippen molar-refractivity contribution in [3.05, 3.63) is 48.5 Å². The number of nitrogens with zero attached hydrogens (tertiary/aromatic N) is 2. The molecule has 2 aromatic rings. The molecule has 0 atom stereocenters. The van der Waals surface area contributed by atoms with Crippen LogP contribution in [0.4, 0.5) is 11.4 Å². The van der Waals surface area contributed by atoms with Crippen molar-refractivity contribution in [1.29, 1.82) is 0 Å². The van der Waals surface area contributed by atoms with Crippen molar-refractivity contribution in [3.8, 4) is 5.75 Å². The number of hydrogen-bond acceptors (Lipinski definition) is 7. The highest BCUT2D eigenvalue weighted by molar-refractivity contribution is 7.90. The molecule has 0 unspecified atom stereocenters. The summed E-state index contributed by atoms with van der Waals surface area (Å²) in [6, 6.07) is 13.2. The zero-order chi connectivity index (χ0) is 24.1. The van der Waals surface area contributed by atoms with Gasteiger partial charge >= 0.3 is 0 Å². The Balaban J connectivity index is 1.51. The monoisotopic (exact) mass is 496 g/mol. The van der Waals surface area contributed by atoms with Crippen LogP contribution in [0.5, 0.6) is 5.75 Å². The number of benzene rings is 2. The molecule has 0 radical (unpaired) electrons. The lowest BCUT2D eigenvalue weighted by Gasteiger charge is -2.35. The molecule has 3 rings (SSSR count). The number of carbonyl (C=O) groups is 1. The number of nitrogens with one attached hydrogen (secondary N) is 2. The van der Waals surface area contributed by atoms with Crippen LogP contribution in [0.3, 0.4) is 0 Å². The van der Waals surface area contributed by atoms with Gasteiger partial charge in [0, 0.05) is 51.0 Å². The Morgan fingerprint density at radius 1 is 0.939 bits per heavy atom. The summed E-state index contributed by atoms with van der Waals surface area (Å²) in [4.78, 5) is 13.1. The minimum absolute atomic E-state index is 0.0119. The van der Waals surface area contributed by atoms with E-state index in [0.717, 1.165) is 11.4 Å². The maximum Gasteiger partial charge on any atom is 0.240 e. The summed E-state index contributed by atoms with van der Waals surface area (Å²) >= 11 is 0. The molecular weight excluding hydrogens is 468 g/mol. The minimum atomic E-state index is -3.87. The van der Waals surface area contributed by atoms with Crippen molar-refractivity contribution in [2.45, 2.75) is 11.8 Å². The minimum Gasteiger partial charge on any atom is -0.497 e. The van der Waals surface area contributed by atoms with Gasteiger partial charge in [0.2, 0.25) is 26.0 Å². The molecule has 1 aliphatic rings. The Bertz CT molecular complexity index is 1160. The van der Waals surface area contributed by atoms with E-state index in [1.54, 1.807) is 7.11 Å². The maximum atomic E-state index is 12.7. The first kappa shape index (κ1) is 25.0. The molecule has 0 bridgehead atoms. The van der Waals surface area contributed by atoms with Gasteiger partial charge in [-0.2, -0.15) is 4.31 Å². The van der Waals surface area contributed by atoms with Gasteiger partial charge in [0.05, 0.1) is 17.8 Å². The number of hydrogen-bond donors (Lipinski definition) is 2. The van der Waals surface area contributed by atoms with Gasteiger partial charge in [-0.3, -0.25) is 4.79 Å². The third-order valence-electron chi connectivity index (χ3n) is 5.21. The van der Waals surface area contributed by atoms with Crippen molar-refractivity contribution >= 4 is 37.3 Å². The lowest BCUT2D eigenvalue weighted by Crippen LogP contribution is -2.50. The third-order valence-corrected chi connectivity index (χ3v) is 8.56. The van der Waals surface area contributed by atoms with Crippen LogP contribution in [-0.2, 0) is 24.8 Å². The summed E-state index contributed by atoms with van der Waals surface area (Å²) in [5, 5.41) is 2.55. The van der Waals surface area contributed by atoms with Crippen molar-refractivity contribution < 1.29 is 26.4 Å². The first-order valence-corrected chi connectivity index (χ1v) is 13.4. The number of ether oxygens (including phenoxy) is 1. The van der Waals surface area contributed by atoms with Crippen molar-refractivity contribution in [2.75, 3.05) is 55.8 Å². The summed E-state index contributed by atoms with van der Waals surface area (Å²) in [5.74, 6) is 0.156. The summed E-state index contributed by atoms with van der Waals surface area (Å²) in [6.07, 6.45) is 0. The molecule has 1 aliphatic heterocycles. The number of piperazine rings is 1. The van der Waals surface area contributed by atoms with E-state index in [1.165, 1.54) is 35.5 Å². The fourth-order valence-corrected chi connectivity index (χ4v) is 5.95. The van der Waals surface area contributed by atoms with Crippen LogP contribution >= 0.6 is 0 Å². The number of rotatable bonds is 9. The molecule has 0 aliphatic carbocycles. The fourth-order valence-electron chi connectivity index (χ4n) is 3.46. The summed E-state index contributed by atoms with van der Waals surface area (Å²) in [5.41, 5.74) is 1.46. The molecule has 10 nitrogen and oxygen atoms in total. The quantitative estimate of drug-likeness (QED) is 0.532. The van der Waals surface area contributed by atoms with Crippen molar-refractivity contribution in [3.63, 3.8) is 0 Å². The molecule has 0 aromatic heterocycles. The Hall–Kier alpha value is -2.67. The Kier molecular flexibility index (Phi) is 7.95. The molecule has 0 spiro atoms. The highest BCUT2D eigenvalue weighted by Crippen LogP contribution is 2.21. The number of anilines is 2. The van der Waals surface area contributed by atoms with Crippen LogP contribution in [0.15, 0.2) is 53.4 Å². The van der Waals surface area contributed by atoms with Gasteiger partial charge < -0.3 is 15.0 Å². The lowest BCUT2D eigenvalue weighted by atomic mass is 10.2. The molecule has 180 valence electrons. The second kappa shape index (κ2) is 10.5. The van der Waals surface area contributed by atoms with Crippen LogP contribution < -0.4 is 19.7 Å². The van der Waals surface area contributed by atoms with Gasteiger partial charge in [0.15, 0.2) is 0 Å². The summed E-state index contributed by atoms with van der Waals surface area (Å²) in [7, 11) is -5.89. The molecule has 0 saturated carbocycles. The van der Waals surface area contributed by atoms with Gasteiger partial charge in [0.25, 0.3) is 0 Å². The SMILES string of the molecule is COc1ccc(N2CCN(S(=O)(=O)CCNS(=O)(=O)c3ccc(NC(C)=O)cc3)CC2)cc1. The second-order valence-electron chi connectivity index (χ2n) is 7.50. The van der Waals surface area contributed by atoms with E-state index in [0.29, 0.717) is 31.9 Å². The number of methoxy groups -OCH3 is 1.